The van der Waals surface area contributed by atoms with Crippen LogP contribution in [0.5, 0.6) is 0 Å². The molecule has 0 bridgehead atoms. The number of hydrogen-bond donors (Lipinski definition) is 2. The van der Waals surface area contributed by atoms with Crippen molar-refractivity contribution in [1.29, 1.82) is 0 Å². The summed E-state index contributed by atoms with van der Waals surface area (Å²) in [6.07, 6.45) is 0.258. The van der Waals surface area contributed by atoms with E-state index in [1.807, 2.05) is 68.4 Å². The van der Waals surface area contributed by atoms with Gasteiger partial charge in [-0.25, -0.2) is 0 Å². The zero-order valence-electron chi connectivity index (χ0n) is 16.2. The lowest BCUT2D eigenvalue weighted by atomic mass is 10.0. The molecule has 1 unspecified atom stereocenters. The van der Waals surface area contributed by atoms with Crippen molar-refractivity contribution >= 4 is 11.8 Å². The summed E-state index contributed by atoms with van der Waals surface area (Å²) in [6.45, 7) is 4.74. The van der Waals surface area contributed by atoms with Crippen molar-refractivity contribution in [2.45, 2.75) is 39.5 Å². The number of benzene rings is 2. The molecular weight excluding hydrogens is 340 g/mol. The molecule has 5 nitrogen and oxygen atoms in total. The van der Waals surface area contributed by atoms with Gasteiger partial charge in [-0.3, -0.25) is 9.59 Å². The molecule has 2 aromatic carbocycles. The molecule has 5 heteroatoms. The first-order chi connectivity index (χ1) is 13.0. The summed E-state index contributed by atoms with van der Waals surface area (Å²) < 4.78 is 5.20. The van der Waals surface area contributed by atoms with E-state index in [9.17, 15) is 9.59 Å². The number of hydrogen-bond acceptors (Lipinski definition) is 3. The Morgan fingerprint density at radius 3 is 2.22 bits per heavy atom. The van der Waals surface area contributed by atoms with E-state index in [1.165, 1.54) is 0 Å². The van der Waals surface area contributed by atoms with Crippen LogP contribution < -0.4 is 10.6 Å². The van der Waals surface area contributed by atoms with E-state index in [2.05, 4.69) is 10.6 Å². The molecule has 0 aliphatic heterocycles. The first kappa shape index (κ1) is 20.6. The van der Waals surface area contributed by atoms with Crippen molar-refractivity contribution in [1.82, 2.24) is 10.6 Å². The maximum atomic E-state index is 12.7. The monoisotopic (exact) mass is 368 g/mol. The molecule has 2 N–H and O–H groups in total. The number of rotatable bonds is 9. The summed E-state index contributed by atoms with van der Waals surface area (Å²) >= 11 is 0. The van der Waals surface area contributed by atoms with Gasteiger partial charge in [0.25, 0.3) is 0 Å². The van der Waals surface area contributed by atoms with Gasteiger partial charge in [0.05, 0.1) is 13.0 Å². The molecule has 0 heterocycles. The largest absolute Gasteiger partial charge is 0.380 e. The Bertz CT molecular complexity index is 744. The summed E-state index contributed by atoms with van der Waals surface area (Å²) in [5.41, 5.74) is 2.96. The third kappa shape index (κ3) is 6.53. The van der Waals surface area contributed by atoms with Crippen molar-refractivity contribution < 1.29 is 14.3 Å². The zero-order chi connectivity index (χ0) is 19.6. The van der Waals surface area contributed by atoms with E-state index in [0.29, 0.717) is 13.2 Å². The van der Waals surface area contributed by atoms with Gasteiger partial charge >= 0.3 is 0 Å². The normalized spacial score (nSPS) is 11.9. The molecule has 0 aliphatic rings. The second-order valence-corrected chi connectivity index (χ2v) is 6.87. The molecule has 2 rings (SSSR count). The van der Waals surface area contributed by atoms with Crippen LogP contribution in [0, 0.1) is 5.92 Å². The van der Waals surface area contributed by atoms with Crippen LogP contribution >= 0.6 is 0 Å². The van der Waals surface area contributed by atoms with Crippen molar-refractivity contribution in [2.24, 2.45) is 5.92 Å². The Morgan fingerprint density at radius 1 is 0.963 bits per heavy atom. The van der Waals surface area contributed by atoms with Crippen LogP contribution in [0.1, 0.15) is 30.5 Å². The van der Waals surface area contributed by atoms with Gasteiger partial charge < -0.3 is 15.4 Å². The fraction of sp³-hybridized carbons (Fsp3) is 0.364. The van der Waals surface area contributed by atoms with Gasteiger partial charge in [0.2, 0.25) is 11.8 Å². The Kier molecular flexibility index (Phi) is 8.01. The molecule has 2 aromatic rings. The summed E-state index contributed by atoms with van der Waals surface area (Å²) in [6, 6.07) is 16.7. The number of carbonyl (C=O) groups excluding carboxylic acids is 2. The zero-order valence-corrected chi connectivity index (χ0v) is 16.2. The Hall–Kier alpha value is -2.66. The van der Waals surface area contributed by atoms with E-state index in [0.717, 1.165) is 16.7 Å². The average molecular weight is 368 g/mol. The Labute approximate surface area is 161 Å². The van der Waals surface area contributed by atoms with Crippen LogP contribution in [0.15, 0.2) is 54.6 Å². The number of methoxy groups -OCH3 is 1. The highest BCUT2D eigenvalue weighted by atomic mass is 16.5. The fourth-order valence-corrected chi connectivity index (χ4v) is 2.86. The molecule has 144 valence electrons. The number of carbonyl (C=O) groups is 2. The van der Waals surface area contributed by atoms with Gasteiger partial charge in [0.15, 0.2) is 0 Å². The van der Waals surface area contributed by atoms with E-state index < -0.39 is 6.04 Å². The molecule has 0 radical (unpaired) electrons. The molecule has 27 heavy (non-hydrogen) atoms. The molecule has 1 atom stereocenters. The first-order valence-electron chi connectivity index (χ1n) is 9.18. The van der Waals surface area contributed by atoms with Gasteiger partial charge in [-0.15, -0.1) is 0 Å². The smallest absolute Gasteiger partial charge is 0.243 e. The Balaban J connectivity index is 1.95. The minimum atomic E-state index is -0.573. The number of amides is 2. The maximum Gasteiger partial charge on any atom is 0.243 e. The highest BCUT2D eigenvalue weighted by Gasteiger charge is 2.24. The van der Waals surface area contributed by atoms with Crippen LogP contribution in [-0.2, 0) is 33.9 Å². The summed E-state index contributed by atoms with van der Waals surface area (Å²) in [4.78, 5) is 25.0. The van der Waals surface area contributed by atoms with Gasteiger partial charge in [-0.1, -0.05) is 68.4 Å². The highest BCUT2D eigenvalue weighted by Crippen LogP contribution is 2.10. The summed E-state index contributed by atoms with van der Waals surface area (Å²) in [7, 11) is 1.65. The molecular formula is C22H28N2O3. The molecule has 0 fully saturated rings. The minimum absolute atomic E-state index is 0.0149. The van der Waals surface area contributed by atoms with Gasteiger partial charge in [-0.05, 0) is 22.6 Å². The van der Waals surface area contributed by atoms with Crippen LogP contribution in [0.2, 0.25) is 0 Å². The third-order valence-corrected chi connectivity index (χ3v) is 4.34. The van der Waals surface area contributed by atoms with Crippen molar-refractivity contribution in [3.63, 3.8) is 0 Å². The summed E-state index contributed by atoms with van der Waals surface area (Å²) in [5, 5.41) is 5.80. The summed E-state index contributed by atoms with van der Waals surface area (Å²) in [5.74, 6) is -0.354. The molecule has 0 aromatic heterocycles. The maximum absolute atomic E-state index is 12.7. The standard InChI is InChI=1S/C22H28N2O3/c1-16(2)21(24-20(25)13-17-9-5-4-6-10-17)22(26)23-14-18-11-7-8-12-19(18)15-27-3/h4-12,16,21H,13-15H2,1-3H3,(H,23,26)(H,24,25). The number of nitrogens with one attached hydrogen (secondary N) is 2. The first-order valence-corrected chi connectivity index (χ1v) is 9.18. The second kappa shape index (κ2) is 10.5. The van der Waals surface area contributed by atoms with Crippen LogP contribution in [0.25, 0.3) is 0 Å². The van der Waals surface area contributed by atoms with Crippen LogP contribution in [-0.4, -0.2) is 25.0 Å². The average Bonchev–Trinajstić information content (AvgIpc) is 2.66. The number of ether oxygens (including phenoxy) is 1. The van der Waals surface area contributed by atoms with E-state index in [-0.39, 0.29) is 24.2 Å². The lowest BCUT2D eigenvalue weighted by Gasteiger charge is -2.22. The lowest BCUT2D eigenvalue weighted by Crippen LogP contribution is -2.50. The lowest BCUT2D eigenvalue weighted by molar-refractivity contribution is -0.129. The predicted molar refractivity (Wildman–Crippen MR) is 106 cm³/mol. The molecule has 0 aliphatic carbocycles. The van der Waals surface area contributed by atoms with Crippen molar-refractivity contribution in [3.8, 4) is 0 Å². The van der Waals surface area contributed by atoms with Gasteiger partial charge in [0, 0.05) is 13.7 Å². The van der Waals surface area contributed by atoms with Crippen LogP contribution in [0.4, 0.5) is 0 Å². The molecule has 0 saturated carbocycles. The predicted octanol–water partition coefficient (Wildman–Crippen LogP) is 2.83. The third-order valence-electron chi connectivity index (χ3n) is 4.34. The van der Waals surface area contributed by atoms with Gasteiger partial charge in [-0.2, -0.15) is 0 Å². The minimum Gasteiger partial charge on any atom is -0.380 e. The van der Waals surface area contributed by atoms with E-state index >= 15 is 0 Å². The van der Waals surface area contributed by atoms with Crippen LogP contribution in [0.3, 0.4) is 0 Å². The van der Waals surface area contributed by atoms with E-state index in [1.54, 1.807) is 7.11 Å². The van der Waals surface area contributed by atoms with E-state index in [4.69, 9.17) is 4.74 Å². The fourth-order valence-electron chi connectivity index (χ4n) is 2.86. The van der Waals surface area contributed by atoms with Gasteiger partial charge in [0.1, 0.15) is 6.04 Å². The topological polar surface area (TPSA) is 67.4 Å². The molecule has 0 spiro atoms. The highest BCUT2D eigenvalue weighted by molar-refractivity contribution is 5.88. The second-order valence-electron chi connectivity index (χ2n) is 6.87. The van der Waals surface area contributed by atoms with Crippen molar-refractivity contribution in [3.05, 3.63) is 71.3 Å². The molecule has 0 saturated heterocycles. The Morgan fingerprint density at radius 2 is 1.59 bits per heavy atom. The van der Waals surface area contributed by atoms with Crippen molar-refractivity contribution in [2.75, 3.05) is 7.11 Å². The quantitative estimate of drug-likeness (QED) is 0.715. The molecule has 2 amide bonds. The SMILES string of the molecule is COCc1ccccc1CNC(=O)C(NC(=O)Cc1ccccc1)C(C)C.